The first-order chi connectivity index (χ1) is 9.47. The molecule has 20 heavy (non-hydrogen) atoms. The molecule has 1 fully saturated rings. The second kappa shape index (κ2) is 8.39. The minimum Gasteiger partial charge on any atom is -0.481 e. The molecule has 1 saturated carbocycles. The van der Waals surface area contributed by atoms with Gasteiger partial charge in [-0.25, -0.2) is 4.79 Å². The highest BCUT2D eigenvalue weighted by Gasteiger charge is 2.31. The summed E-state index contributed by atoms with van der Waals surface area (Å²) in [6, 6.07) is -0.193. The molecule has 1 aliphatic rings. The van der Waals surface area contributed by atoms with Crippen molar-refractivity contribution in [1.82, 2.24) is 10.6 Å². The molecule has 0 saturated heterocycles. The average Bonchev–Trinajstić information content (AvgIpc) is 2.43. The lowest BCUT2D eigenvalue weighted by Crippen LogP contribution is -2.46. The molecule has 0 heterocycles. The average molecular weight is 302 g/mol. The van der Waals surface area contributed by atoms with Gasteiger partial charge in [0.05, 0.1) is 0 Å². The van der Waals surface area contributed by atoms with Gasteiger partial charge in [-0.1, -0.05) is 26.2 Å². The number of nitrogens with one attached hydrogen (secondary N) is 2. The third-order valence-corrected chi connectivity index (χ3v) is 5.32. The Morgan fingerprint density at radius 1 is 1.25 bits per heavy atom. The fourth-order valence-corrected chi connectivity index (χ4v) is 3.50. The SMILES string of the molecule is CSC1(CNC(=O)NCC(C)CC(=O)O)CCCCC1. The highest BCUT2D eigenvalue weighted by atomic mass is 32.2. The largest absolute Gasteiger partial charge is 0.481 e. The van der Waals surface area contributed by atoms with Gasteiger partial charge in [0.25, 0.3) is 0 Å². The molecule has 0 aromatic carbocycles. The maximum atomic E-state index is 11.8. The van der Waals surface area contributed by atoms with Crippen LogP contribution in [0.1, 0.15) is 45.4 Å². The van der Waals surface area contributed by atoms with E-state index in [1.54, 1.807) is 0 Å². The van der Waals surface area contributed by atoms with E-state index >= 15 is 0 Å². The minimum atomic E-state index is -0.830. The van der Waals surface area contributed by atoms with E-state index in [0.717, 1.165) is 12.8 Å². The molecule has 0 radical (unpaired) electrons. The Morgan fingerprint density at radius 3 is 2.45 bits per heavy atom. The summed E-state index contributed by atoms with van der Waals surface area (Å²) in [7, 11) is 0. The number of hydrogen-bond acceptors (Lipinski definition) is 3. The molecule has 0 spiro atoms. The van der Waals surface area contributed by atoms with Crippen molar-refractivity contribution in [2.45, 2.75) is 50.2 Å². The third kappa shape index (κ3) is 6.03. The fourth-order valence-electron chi connectivity index (χ4n) is 2.59. The van der Waals surface area contributed by atoms with Crippen LogP contribution in [0.4, 0.5) is 4.79 Å². The number of hydrogen-bond donors (Lipinski definition) is 3. The van der Waals surface area contributed by atoms with Crippen molar-refractivity contribution in [3.05, 3.63) is 0 Å². The Balaban J connectivity index is 2.26. The van der Waals surface area contributed by atoms with E-state index in [1.807, 2.05) is 18.7 Å². The van der Waals surface area contributed by atoms with Crippen molar-refractivity contribution in [1.29, 1.82) is 0 Å². The van der Waals surface area contributed by atoms with Gasteiger partial charge < -0.3 is 15.7 Å². The van der Waals surface area contributed by atoms with Crippen LogP contribution < -0.4 is 10.6 Å². The number of carboxylic acid groups (broad SMARTS) is 1. The number of amides is 2. The molecular weight excluding hydrogens is 276 g/mol. The van der Waals surface area contributed by atoms with Crippen LogP contribution in [0.2, 0.25) is 0 Å². The third-order valence-electron chi connectivity index (χ3n) is 3.90. The molecule has 1 unspecified atom stereocenters. The Morgan fingerprint density at radius 2 is 1.90 bits per heavy atom. The molecule has 1 rings (SSSR count). The first-order valence-corrected chi connectivity index (χ1v) is 8.48. The lowest BCUT2D eigenvalue weighted by Gasteiger charge is -2.35. The molecule has 0 aromatic heterocycles. The monoisotopic (exact) mass is 302 g/mol. The molecule has 116 valence electrons. The smallest absolute Gasteiger partial charge is 0.314 e. The van der Waals surface area contributed by atoms with Crippen LogP contribution in [-0.2, 0) is 4.79 Å². The number of rotatable bonds is 7. The normalized spacial score (nSPS) is 19.1. The number of carbonyl (C=O) groups is 2. The van der Waals surface area contributed by atoms with Crippen LogP contribution in [0, 0.1) is 5.92 Å². The number of thioether (sulfide) groups is 1. The molecule has 0 aliphatic heterocycles. The van der Waals surface area contributed by atoms with Gasteiger partial charge in [0.15, 0.2) is 0 Å². The first-order valence-electron chi connectivity index (χ1n) is 7.26. The predicted octanol–water partition coefficient (Wildman–Crippen LogP) is 2.46. The predicted molar refractivity (Wildman–Crippen MR) is 82.1 cm³/mol. The van der Waals surface area contributed by atoms with E-state index in [9.17, 15) is 9.59 Å². The van der Waals surface area contributed by atoms with Gasteiger partial charge in [-0.05, 0) is 25.0 Å². The molecule has 0 bridgehead atoms. The molecule has 0 aromatic rings. The zero-order chi connectivity index (χ0) is 15.0. The van der Waals surface area contributed by atoms with Gasteiger partial charge >= 0.3 is 12.0 Å². The maximum Gasteiger partial charge on any atom is 0.314 e. The van der Waals surface area contributed by atoms with Crippen LogP contribution >= 0.6 is 11.8 Å². The Bertz CT molecular complexity index is 330. The lowest BCUT2D eigenvalue weighted by molar-refractivity contribution is -0.137. The number of aliphatic carboxylic acids is 1. The number of carbonyl (C=O) groups excluding carboxylic acids is 1. The highest BCUT2D eigenvalue weighted by molar-refractivity contribution is 8.00. The summed E-state index contributed by atoms with van der Waals surface area (Å²) in [5, 5.41) is 14.3. The first kappa shape index (κ1) is 17.1. The summed E-state index contributed by atoms with van der Waals surface area (Å²) in [6.07, 6.45) is 8.27. The summed E-state index contributed by atoms with van der Waals surface area (Å²) in [5.41, 5.74) is 0. The topological polar surface area (TPSA) is 78.4 Å². The Hall–Kier alpha value is -0.910. The molecule has 1 atom stereocenters. The van der Waals surface area contributed by atoms with Crippen LogP contribution in [0.5, 0.6) is 0 Å². The molecule has 5 nitrogen and oxygen atoms in total. The van der Waals surface area contributed by atoms with E-state index in [1.165, 1.54) is 19.3 Å². The second-order valence-corrected chi connectivity index (χ2v) is 6.99. The summed E-state index contributed by atoms with van der Waals surface area (Å²) in [6.45, 7) is 2.90. The van der Waals surface area contributed by atoms with Crippen LogP contribution in [0.3, 0.4) is 0 Å². The summed E-state index contributed by atoms with van der Waals surface area (Å²) < 4.78 is 0.183. The van der Waals surface area contributed by atoms with E-state index in [-0.39, 0.29) is 23.1 Å². The van der Waals surface area contributed by atoms with Gasteiger partial charge in [0.2, 0.25) is 0 Å². The van der Waals surface area contributed by atoms with Crippen molar-refractivity contribution in [3.63, 3.8) is 0 Å². The maximum absolute atomic E-state index is 11.8. The standard InChI is InChI=1S/C14H26N2O3S/c1-11(8-12(17)18)9-15-13(19)16-10-14(20-2)6-4-3-5-7-14/h11H,3-10H2,1-2H3,(H,17,18)(H2,15,16,19). The van der Waals surface area contributed by atoms with Crippen molar-refractivity contribution in [2.24, 2.45) is 5.92 Å². The van der Waals surface area contributed by atoms with Crippen molar-refractivity contribution >= 4 is 23.8 Å². The minimum absolute atomic E-state index is 0.0533. The summed E-state index contributed by atoms with van der Waals surface area (Å²) >= 11 is 1.85. The summed E-state index contributed by atoms with van der Waals surface area (Å²) in [4.78, 5) is 22.3. The lowest BCUT2D eigenvalue weighted by atomic mass is 9.88. The summed E-state index contributed by atoms with van der Waals surface area (Å²) in [5.74, 6) is -0.884. The Labute approximate surface area is 125 Å². The van der Waals surface area contributed by atoms with Gasteiger partial charge in [-0.3, -0.25) is 4.79 Å². The van der Waals surface area contributed by atoms with Crippen molar-refractivity contribution in [2.75, 3.05) is 19.3 Å². The van der Waals surface area contributed by atoms with Gasteiger partial charge in [0, 0.05) is 24.3 Å². The molecule has 1 aliphatic carbocycles. The number of urea groups is 1. The zero-order valence-electron chi connectivity index (χ0n) is 12.4. The fraction of sp³-hybridized carbons (Fsp3) is 0.857. The molecule has 3 N–H and O–H groups in total. The molecule has 2 amide bonds. The van der Waals surface area contributed by atoms with E-state index < -0.39 is 5.97 Å². The Kier molecular flexibility index (Phi) is 7.19. The van der Waals surface area contributed by atoms with Crippen molar-refractivity contribution in [3.8, 4) is 0 Å². The highest BCUT2D eigenvalue weighted by Crippen LogP contribution is 2.37. The van der Waals surface area contributed by atoms with E-state index in [4.69, 9.17) is 5.11 Å². The zero-order valence-corrected chi connectivity index (χ0v) is 13.2. The quantitative estimate of drug-likeness (QED) is 0.675. The van der Waals surface area contributed by atoms with Crippen LogP contribution in [0.25, 0.3) is 0 Å². The second-order valence-electron chi connectivity index (χ2n) is 5.71. The van der Waals surface area contributed by atoms with Crippen LogP contribution in [-0.4, -0.2) is 41.2 Å². The van der Waals surface area contributed by atoms with Gasteiger partial charge in [0.1, 0.15) is 0 Å². The number of carboxylic acids is 1. The van der Waals surface area contributed by atoms with E-state index in [2.05, 4.69) is 16.9 Å². The van der Waals surface area contributed by atoms with E-state index in [0.29, 0.717) is 13.1 Å². The molecular formula is C14H26N2O3S. The van der Waals surface area contributed by atoms with Crippen molar-refractivity contribution < 1.29 is 14.7 Å². The van der Waals surface area contributed by atoms with Crippen LogP contribution in [0.15, 0.2) is 0 Å². The van der Waals surface area contributed by atoms with Gasteiger partial charge in [-0.2, -0.15) is 11.8 Å². The molecule has 6 heteroatoms. The van der Waals surface area contributed by atoms with Gasteiger partial charge in [-0.15, -0.1) is 0 Å².